The monoisotopic (exact) mass is 210 g/mol. The van der Waals surface area contributed by atoms with Crippen molar-refractivity contribution in [2.75, 3.05) is 0 Å². The Balaban J connectivity index is 2.49. The molecule has 1 aliphatic rings. The second kappa shape index (κ2) is 2.99. The number of benzene rings is 1. The van der Waals surface area contributed by atoms with E-state index in [9.17, 15) is 9.90 Å². The normalized spacial score (nSPS) is 30.0. The minimum Gasteiger partial charge on any atom is -0.481 e. The average molecular weight is 211 g/mol. The van der Waals surface area contributed by atoms with Crippen molar-refractivity contribution in [3.63, 3.8) is 0 Å². The van der Waals surface area contributed by atoms with Crippen LogP contribution >= 0.6 is 11.6 Å². The van der Waals surface area contributed by atoms with E-state index in [2.05, 4.69) is 0 Å². The van der Waals surface area contributed by atoms with Gasteiger partial charge in [-0.1, -0.05) is 36.7 Å². The number of carbonyl (C=O) groups is 1. The maximum absolute atomic E-state index is 11.2. The average Bonchev–Trinajstić information content (AvgIpc) is 2.79. The molecule has 0 saturated heterocycles. The van der Waals surface area contributed by atoms with Gasteiger partial charge in [-0.25, -0.2) is 0 Å². The fourth-order valence-electron chi connectivity index (χ4n) is 2.04. The second-order valence-corrected chi connectivity index (χ2v) is 4.27. The molecule has 0 spiro atoms. The van der Waals surface area contributed by atoms with Crippen LogP contribution in [0.15, 0.2) is 24.3 Å². The molecular weight excluding hydrogens is 200 g/mol. The third-order valence-electron chi connectivity index (χ3n) is 3.05. The van der Waals surface area contributed by atoms with Crippen molar-refractivity contribution < 1.29 is 9.90 Å². The number of rotatable bonds is 2. The van der Waals surface area contributed by atoms with Gasteiger partial charge in [0.25, 0.3) is 0 Å². The molecule has 0 radical (unpaired) electrons. The molecule has 2 rings (SSSR count). The first-order chi connectivity index (χ1) is 6.59. The topological polar surface area (TPSA) is 37.3 Å². The van der Waals surface area contributed by atoms with Gasteiger partial charge in [-0.2, -0.15) is 0 Å². The Morgan fingerprint density at radius 2 is 2.14 bits per heavy atom. The molecule has 14 heavy (non-hydrogen) atoms. The zero-order chi connectivity index (χ0) is 10.3. The summed E-state index contributed by atoms with van der Waals surface area (Å²) in [7, 11) is 0. The van der Waals surface area contributed by atoms with Crippen molar-refractivity contribution in [2.45, 2.75) is 18.8 Å². The second-order valence-electron chi connectivity index (χ2n) is 3.86. The highest BCUT2D eigenvalue weighted by Gasteiger charge is 2.59. The van der Waals surface area contributed by atoms with Crippen molar-refractivity contribution >= 4 is 17.6 Å². The van der Waals surface area contributed by atoms with Crippen LogP contribution in [0.4, 0.5) is 0 Å². The van der Waals surface area contributed by atoms with E-state index in [1.54, 1.807) is 12.1 Å². The highest BCUT2D eigenvalue weighted by Crippen LogP contribution is 2.55. The lowest BCUT2D eigenvalue weighted by atomic mass is 9.94. The van der Waals surface area contributed by atoms with Gasteiger partial charge in [0.05, 0.1) is 5.41 Å². The number of carboxylic acid groups (broad SMARTS) is 1. The minimum absolute atomic E-state index is 0.180. The van der Waals surface area contributed by atoms with Gasteiger partial charge < -0.3 is 5.11 Å². The molecular formula is C11H11ClO2. The molecule has 0 aromatic heterocycles. The third kappa shape index (κ3) is 1.14. The lowest BCUT2D eigenvalue weighted by Gasteiger charge is -2.12. The van der Waals surface area contributed by atoms with Crippen LogP contribution in [-0.4, -0.2) is 11.1 Å². The van der Waals surface area contributed by atoms with Crippen molar-refractivity contribution in [3.8, 4) is 0 Å². The molecule has 1 fully saturated rings. The van der Waals surface area contributed by atoms with E-state index in [1.165, 1.54) is 0 Å². The summed E-state index contributed by atoms with van der Waals surface area (Å²) in [4.78, 5) is 11.2. The van der Waals surface area contributed by atoms with Crippen LogP contribution in [0.3, 0.4) is 0 Å². The minimum atomic E-state index is -0.766. The van der Waals surface area contributed by atoms with Crippen LogP contribution in [0.1, 0.15) is 18.9 Å². The van der Waals surface area contributed by atoms with Gasteiger partial charge in [0.15, 0.2) is 0 Å². The predicted molar refractivity (Wildman–Crippen MR) is 54.5 cm³/mol. The number of hydrogen-bond donors (Lipinski definition) is 1. The van der Waals surface area contributed by atoms with Gasteiger partial charge in [-0.15, -0.1) is 0 Å². The summed E-state index contributed by atoms with van der Waals surface area (Å²) >= 11 is 5.99. The number of carboxylic acids is 1. The van der Waals surface area contributed by atoms with Gasteiger partial charge in [0, 0.05) is 5.02 Å². The number of aliphatic carboxylic acids is 1. The van der Waals surface area contributed by atoms with Gasteiger partial charge in [-0.3, -0.25) is 4.79 Å². The lowest BCUT2D eigenvalue weighted by Crippen LogP contribution is -2.22. The van der Waals surface area contributed by atoms with Gasteiger partial charge >= 0.3 is 5.97 Å². The third-order valence-corrected chi connectivity index (χ3v) is 3.37. The molecule has 3 heteroatoms. The van der Waals surface area contributed by atoms with Gasteiger partial charge in [0.2, 0.25) is 0 Å². The standard InChI is InChI=1S/C11H11ClO2/c1-7-6-11(7,10(13)14)8-4-2-3-5-9(8)12/h2-5,7H,6H2,1H3,(H,13,14). The number of hydrogen-bond acceptors (Lipinski definition) is 1. The summed E-state index contributed by atoms with van der Waals surface area (Å²) < 4.78 is 0. The quantitative estimate of drug-likeness (QED) is 0.815. The summed E-state index contributed by atoms with van der Waals surface area (Å²) in [6.45, 7) is 1.94. The molecule has 2 nitrogen and oxygen atoms in total. The molecule has 1 aliphatic carbocycles. The van der Waals surface area contributed by atoms with E-state index in [1.807, 2.05) is 19.1 Å². The highest BCUT2D eigenvalue weighted by molar-refractivity contribution is 6.31. The first kappa shape index (κ1) is 9.53. The van der Waals surface area contributed by atoms with E-state index in [0.717, 1.165) is 5.56 Å². The highest BCUT2D eigenvalue weighted by atomic mass is 35.5. The Kier molecular flexibility index (Phi) is 2.04. The fraction of sp³-hybridized carbons (Fsp3) is 0.364. The van der Waals surface area contributed by atoms with Crippen LogP contribution in [0, 0.1) is 5.92 Å². The summed E-state index contributed by atoms with van der Waals surface area (Å²) in [5.41, 5.74) is 0.0277. The van der Waals surface area contributed by atoms with Crippen molar-refractivity contribution in [3.05, 3.63) is 34.9 Å². The Labute approximate surface area is 87.5 Å². The SMILES string of the molecule is CC1CC1(C(=O)O)c1ccccc1Cl. The van der Waals surface area contributed by atoms with E-state index in [-0.39, 0.29) is 5.92 Å². The number of halogens is 1. The van der Waals surface area contributed by atoms with Gasteiger partial charge in [-0.05, 0) is 24.0 Å². The molecule has 2 atom stereocenters. The van der Waals surface area contributed by atoms with Gasteiger partial charge in [0.1, 0.15) is 0 Å². The summed E-state index contributed by atoms with van der Waals surface area (Å²) in [6.07, 6.45) is 0.687. The smallest absolute Gasteiger partial charge is 0.314 e. The zero-order valence-corrected chi connectivity index (χ0v) is 8.58. The molecule has 1 aromatic carbocycles. The molecule has 74 valence electrons. The van der Waals surface area contributed by atoms with Crippen LogP contribution in [-0.2, 0) is 10.2 Å². The molecule has 1 saturated carbocycles. The van der Waals surface area contributed by atoms with Crippen molar-refractivity contribution in [2.24, 2.45) is 5.92 Å². The van der Waals surface area contributed by atoms with Crippen molar-refractivity contribution in [1.82, 2.24) is 0 Å². The summed E-state index contributed by atoms with van der Waals surface area (Å²) in [5.74, 6) is -0.585. The molecule has 0 aliphatic heterocycles. The molecule has 1 aromatic rings. The van der Waals surface area contributed by atoms with Crippen LogP contribution in [0.2, 0.25) is 5.02 Å². The largest absolute Gasteiger partial charge is 0.481 e. The first-order valence-electron chi connectivity index (χ1n) is 4.57. The molecule has 1 N–H and O–H groups in total. The summed E-state index contributed by atoms with van der Waals surface area (Å²) in [6, 6.07) is 7.19. The fourth-order valence-corrected chi connectivity index (χ4v) is 2.34. The Morgan fingerprint density at radius 1 is 1.57 bits per heavy atom. The van der Waals surface area contributed by atoms with Crippen LogP contribution in [0.25, 0.3) is 0 Å². The predicted octanol–water partition coefficient (Wildman–Crippen LogP) is 2.70. The molecule has 0 heterocycles. The van der Waals surface area contributed by atoms with E-state index >= 15 is 0 Å². The molecule has 0 bridgehead atoms. The first-order valence-corrected chi connectivity index (χ1v) is 4.95. The summed E-state index contributed by atoms with van der Waals surface area (Å²) in [5, 5.41) is 9.75. The Hall–Kier alpha value is -1.02. The maximum atomic E-state index is 11.2. The van der Waals surface area contributed by atoms with Crippen LogP contribution < -0.4 is 0 Å². The van der Waals surface area contributed by atoms with Crippen LogP contribution in [0.5, 0.6) is 0 Å². The Morgan fingerprint density at radius 3 is 2.57 bits per heavy atom. The van der Waals surface area contributed by atoms with E-state index in [4.69, 9.17) is 11.6 Å². The lowest BCUT2D eigenvalue weighted by molar-refractivity contribution is -0.140. The van der Waals surface area contributed by atoms with Crippen molar-refractivity contribution in [1.29, 1.82) is 0 Å². The van der Waals surface area contributed by atoms with E-state index in [0.29, 0.717) is 11.4 Å². The van der Waals surface area contributed by atoms with E-state index < -0.39 is 11.4 Å². The maximum Gasteiger partial charge on any atom is 0.314 e. The molecule has 2 unspecified atom stereocenters. The zero-order valence-electron chi connectivity index (χ0n) is 7.83. The Bertz CT molecular complexity index is 389. The molecule has 0 amide bonds.